The van der Waals surface area contributed by atoms with Crippen molar-refractivity contribution in [3.8, 4) is 0 Å². The normalized spacial score (nSPS) is 28.7. The smallest absolute Gasteiger partial charge is 0.127 e. The highest BCUT2D eigenvalue weighted by Crippen LogP contribution is 2.36. The van der Waals surface area contributed by atoms with Crippen molar-refractivity contribution in [2.75, 3.05) is 30.3 Å². The molecule has 4 nitrogen and oxygen atoms in total. The van der Waals surface area contributed by atoms with Crippen LogP contribution in [0.4, 0.5) is 20.2 Å². The molecule has 1 aromatic rings. The number of anilines is 2. The summed E-state index contributed by atoms with van der Waals surface area (Å²) in [6.45, 7) is 2.03. The molecule has 138 valence electrons. The van der Waals surface area contributed by atoms with Crippen molar-refractivity contribution in [2.24, 2.45) is 10.9 Å². The molecule has 0 bridgehead atoms. The molecule has 1 spiro atoms. The van der Waals surface area contributed by atoms with Crippen LogP contribution in [0.1, 0.15) is 19.3 Å². The van der Waals surface area contributed by atoms with E-state index in [1.54, 1.807) is 0 Å². The minimum Gasteiger partial charge on any atom is -0.371 e. The first-order valence-electron chi connectivity index (χ1n) is 9.24. The van der Waals surface area contributed by atoms with Crippen LogP contribution in [-0.4, -0.2) is 37.2 Å². The van der Waals surface area contributed by atoms with E-state index in [0.29, 0.717) is 0 Å². The molecule has 4 rings (SSSR count). The number of halogens is 2. The van der Waals surface area contributed by atoms with Crippen molar-refractivity contribution >= 4 is 17.2 Å². The van der Waals surface area contributed by atoms with Gasteiger partial charge in [0.05, 0.1) is 23.5 Å². The van der Waals surface area contributed by atoms with Gasteiger partial charge in [-0.2, -0.15) is 0 Å². The number of aliphatic imine (C=N–C) groups is 1. The fourth-order valence-corrected chi connectivity index (χ4v) is 3.90. The average molecular weight is 358 g/mol. The molecule has 3 N–H and O–H groups in total. The lowest BCUT2D eigenvalue weighted by atomic mass is 9.84. The fraction of sp³-hybridized carbons (Fsp3) is 0.450. The number of hydrogen-bond donors (Lipinski definition) is 3. The van der Waals surface area contributed by atoms with Crippen LogP contribution in [0.3, 0.4) is 0 Å². The van der Waals surface area contributed by atoms with Gasteiger partial charge in [0.2, 0.25) is 0 Å². The van der Waals surface area contributed by atoms with Crippen molar-refractivity contribution in [3.63, 3.8) is 0 Å². The number of amidine groups is 1. The standard InChI is InChI=1S/C20H24F2N4/c21-15-4-3-5-16(22)14(12-15)13-24-19-20(8-10-23-11-9-20)26-18-7-2-1-6-17(18)25-19/h1-7,14-15,23,26H,8-13H2,(H,24,25). The Bertz CT molecular complexity index is 750. The van der Waals surface area contributed by atoms with Gasteiger partial charge >= 0.3 is 0 Å². The Morgan fingerprint density at radius 2 is 1.92 bits per heavy atom. The van der Waals surface area contributed by atoms with E-state index in [4.69, 9.17) is 4.99 Å². The van der Waals surface area contributed by atoms with Gasteiger partial charge in [0.25, 0.3) is 0 Å². The van der Waals surface area contributed by atoms with Crippen LogP contribution in [0.2, 0.25) is 0 Å². The minimum atomic E-state index is -1.13. The predicted octanol–water partition coefficient (Wildman–Crippen LogP) is 3.81. The molecule has 26 heavy (non-hydrogen) atoms. The van der Waals surface area contributed by atoms with Gasteiger partial charge in [-0.05, 0) is 50.6 Å². The molecule has 6 heteroatoms. The summed E-state index contributed by atoms with van der Waals surface area (Å²) < 4.78 is 28.0. The molecule has 0 saturated carbocycles. The van der Waals surface area contributed by atoms with Crippen LogP contribution in [-0.2, 0) is 0 Å². The van der Waals surface area contributed by atoms with Gasteiger partial charge in [-0.15, -0.1) is 0 Å². The first-order chi connectivity index (χ1) is 12.7. The Hall–Kier alpha value is -2.21. The second-order valence-corrected chi connectivity index (χ2v) is 7.20. The maximum atomic E-state index is 14.2. The lowest BCUT2D eigenvalue weighted by Crippen LogP contribution is -2.58. The summed E-state index contributed by atoms with van der Waals surface area (Å²) in [5.74, 6) is 0.0117. The summed E-state index contributed by atoms with van der Waals surface area (Å²) in [5.41, 5.74) is 1.75. The van der Waals surface area contributed by atoms with E-state index in [9.17, 15) is 8.78 Å². The number of fused-ring (bicyclic) bond motifs is 1. The van der Waals surface area contributed by atoms with E-state index in [1.165, 1.54) is 18.2 Å². The summed E-state index contributed by atoms with van der Waals surface area (Å²) in [6, 6.07) is 8.03. The van der Waals surface area contributed by atoms with Crippen LogP contribution in [0.5, 0.6) is 0 Å². The average Bonchev–Trinajstić information content (AvgIpc) is 2.81. The zero-order valence-electron chi connectivity index (χ0n) is 14.6. The van der Waals surface area contributed by atoms with Gasteiger partial charge in [-0.1, -0.05) is 24.3 Å². The molecule has 1 aromatic carbocycles. The molecular weight excluding hydrogens is 334 g/mol. The minimum absolute atomic E-state index is 0.133. The van der Waals surface area contributed by atoms with Crippen molar-refractivity contribution in [3.05, 3.63) is 48.3 Å². The third kappa shape index (κ3) is 3.38. The van der Waals surface area contributed by atoms with Gasteiger partial charge in [0.1, 0.15) is 17.8 Å². The molecule has 2 heterocycles. The monoisotopic (exact) mass is 358 g/mol. The van der Waals surface area contributed by atoms with E-state index in [0.717, 1.165) is 43.1 Å². The third-order valence-corrected chi connectivity index (χ3v) is 5.41. The highest BCUT2D eigenvalue weighted by Gasteiger charge is 2.41. The fourth-order valence-electron chi connectivity index (χ4n) is 3.90. The van der Waals surface area contributed by atoms with Crippen molar-refractivity contribution in [2.45, 2.75) is 31.0 Å². The first kappa shape index (κ1) is 17.2. The zero-order valence-corrected chi connectivity index (χ0v) is 14.6. The van der Waals surface area contributed by atoms with Gasteiger partial charge in [0.15, 0.2) is 0 Å². The first-order valence-corrected chi connectivity index (χ1v) is 9.24. The third-order valence-electron chi connectivity index (χ3n) is 5.41. The van der Waals surface area contributed by atoms with Gasteiger partial charge in [-0.3, -0.25) is 4.99 Å². The van der Waals surface area contributed by atoms with Crippen LogP contribution in [0.25, 0.3) is 0 Å². The number of nitrogens with zero attached hydrogens (tertiary/aromatic N) is 1. The molecule has 1 fully saturated rings. The molecule has 2 aliphatic heterocycles. The van der Waals surface area contributed by atoms with E-state index in [1.807, 2.05) is 18.2 Å². The largest absolute Gasteiger partial charge is 0.371 e. The van der Waals surface area contributed by atoms with Gasteiger partial charge in [0, 0.05) is 5.92 Å². The molecule has 1 saturated heterocycles. The lowest BCUT2D eigenvalue weighted by molar-refractivity contribution is 0.320. The Balaban J connectivity index is 1.61. The maximum absolute atomic E-state index is 14.2. The second kappa shape index (κ2) is 7.19. The summed E-state index contributed by atoms with van der Waals surface area (Å²) >= 11 is 0. The van der Waals surface area contributed by atoms with Crippen molar-refractivity contribution in [1.29, 1.82) is 0 Å². The Morgan fingerprint density at radius 3 is 2.73 bits per heavy atom. The van der Waals surface area contributed by atoms with Crippen LogP contribution in [0.15, 0.2) is 53.3 Å². The highest BCUT2D eigenvalue weighted by atomic mass is 19.1. The molecule has 2 atom stereocenters. The maximum Gasteiger partial charge on any atom is 0.127 e. The number of piperidine rings is 1. The molecule has 0 radical (unpaired) electrons. The summed E-state index contributed by atoms with van der Waals surface area (Å²) in [4.78, 5) is 4.75. The number of para-hydroxylation sites is 2. The number of alkyl halides is 1. The van der Waals surface area contributed by atoms with Crippen molar-refractivity contribution in [1.82, 2.24) is 5.32 Å². The molecule has 2 unspecified atom stereocenters. The Labute approximate surface area is 152 Å². The van der Waals surface area contributed by atoms with E-state index >= 15 is 0 Å². The van der Waals surface area contributed by atoms with Crippen LogP contribution >= 0.6 is 0 Å². The second-order valence-electron chi connectivity index (χ2n) is 7.20. The number of hydrogen-bond acceptors (Lipinski definition) is 3. The van der Waals surface area contributed by atoms with Gasteiger partial charge in [-0.25, -0.2) is 8.78 Å². The number of nitrogens with one attached hydrogen (secondary N) is 3. The van der Waals surface area contributed by atoms with Gasteiger partial charge < -0.3 is 16.0 Å². The molecule has 0 amide bonds. The van der Waals surface area contributed by atoms with E-state index < -0.39 is 12.1 Å². The topological polar surface area (TPSA) is 48.5 Å². The molecule has 1 aliphatic carbocycles. The summed E-state index contributed by atoms with van der Waals surface area (Å²) in [7, 11) is 0. The number of allylic oxidation sites excluding steroid dienone is 3. The van der Waals surface area contributed by atoms with E-state index in [-0.39, 0.29) is 24.3 Å². The van der Waals surface area contributed by atoms with Crippen LogP contribution in [0, 0.1) is 5.92 Å². The molecule has 0 aromatic heterocycles. The van der Waals surface area contributed by atoms with Crippen LogP contribution < -0.4 is 16.0 Å². The van der Waals surface area contributed by atoms with Crippen molar-refractivity contribution < 1.29 is 8.78 Å². The number of benzene rings is 1. The number of rotatable bonds is 2. The summed E-state index contributed by atoms with van der Waals surface area (Å²) in [6.07, 6.45) is 5.00. The summed E-state index contributed by atoms with van der Waals surface area (Å²) in [5, 5.41) is 10.5. The predicted molar refractivity (Wildman–Crippen MR) is 102 cm³/mol. The SMILES string of the molecule is FC1=CC=CC(F)CC1CN=C1Nc2ccccc2NC12CCNCC2. The lowest BCUT2D eigenvalue weighted by Gasteiger charge is -2.44. The molecular formula is C20H24F2N4. The Morgan fingerprint density at radius 1 is 1.15 bits per heavy atom. The quantitative estimate of drug-likeness (QED) is 0.753. The zero-order chi connectivity index (χ0) is 18.0. The van der Waals surface area contributed by atoms with E-state index in [2.05, 4.69) is 22.0 Å². The highest BCUT2D eigenvalue weighted by molar-refractivity contribution is 6.09. The Kier molecular flexibility index (Phi) is 4.76. The molecule has 3 aliphatic rings.